The molecule has 0 aliphatic carbocycles. The summed E-state index contributed by atoms with van der Waals surface area (Å²) in [5.74, 6) is -0.130. The third kappa shape index (κ3) is 10.4. The Balaban J connectivity index is 4.59. The van der Waals surface area contributed by atoms with Crippen molar-refractivity contribution in [1.29, 1.82) is 0 Å². The van der Waals surface area contributed by atoms with E-state index < -0.39 is 17.2 Å². The summed E-state index contributed by atoms with van der Waals surface area (Å²) >= 11 is -1.37. The lowest BCUT2D eigenvalue weighted by atomic mass is 9.94. The molecule has 1 unspecified atom stereocenters. The molecular weight excluding hydrogens is 292 g/mol. The minimum absolute atomic E-state index is 0.0433. The quantitative estimate of drug-likeness (QED) is 0.632. The monoisotopic (exact) mass is 324 g/mol. The molecule has 0 heterocycles. The van der Waals surface area contributed by atoms with Crippen LogP contribution in [0.1, 0.15) is 48.0 Å². The minimum atomic E-state index is -1.37. The Kier molecular flexibility index (Phi) is 10.7. The van der Waals surface area contributed by atoms with Crippen molar-refractivity contribution in [2.75, 3.05) is 12.9 Å². The smallest absolute Gasteiger partial charge is 0.152 e. The van der Waals surface area contributed by atoms with E-state index in [-0.39, 0.29) is 36.9 Å². The lowest BCUT2D eigenvalue weighted by molar-refractivity contribution is -0.0940. The van der Waals surface area contributed by atoms with Crippen LogP contribution in [0.2, 0.25) is 0 Å². The SMILES string of the molecule is CC(C)O[C@@H](C[C@H](C)OC(C)C)[C@@H](C)[C@@H](O)COS(C)=O. The van der Waals surface area contributed by atoms with E-state index in [0.717, 1.165) is 0 Å². The number of aliphatic hydroxyl groups excluding tert-OH is 1. The first-order valence-electron chi connectivity index (χ1n) is 7.59. The van der Waals surface area contributed by atoms with Crippen LogP contribution in [-0.2, 0) is 24.7 Å². The van der Waals surface area contributed by atoms with Gasteiger partial charge in [-0.2, -0.15) is 0 Å². The summed E-state index contributed by atoms with van der Waals surface area (Å²) in [6.45, 7) is 11.9. The summed E-state index contributed by atoms with van der Waals surface area (Å²) < 4.78 is 27.6. The zero-order valence-electron chi connectivity index (χ0n) is 14.4. The Morgan fingerprint density at radius 1 is 1.00 bits per heavy atom. The first kappa shape index (κ1) is 21.0. The molecular formula is C15H32O5S. The van der Waals surface area contributed by atoms with Crippen LogP contribution in [0, 0.1) is 5.92 Å². The molecule has 5 atom stereocenters. The summed E-state index contributed by atoms with van der Waals surface area (Å²) in [5, 5.41) is 10.2. The second-order valence-electron chi connectivity index (χ2n) is 6.07. The van der Waals surface area contributed by atoms with Crippen molar-refractivity contribution in [1.82, 2.24) is 0 Å². The molecule has 0 radical (unpaired) electrons. The Hall–Kier alpha value is -0.0100. The molecule has 0 amide bonds. The van der Waals surface area contributed by atoms with Crippen LogP contribution < -0.4 is 0 Å². The number of hydrogen-bond donors (Lipinski definition) is 1. The van der Waals surface area contributed by atoms with Crippen LogP contribution >= 0.6 is 0 Å². The van der Waals surface area contributed by atoms with Gasteiger partial charge >= 0.3 is 0 Å². The molecule has 0 aliphatic rings. The van der Waals surface area contributed by atoms with E-state index in [1.165, 1.54) is 6.26 Å². The Morgan fingerprint density at radius 2 is 1.52 bits per heavy atom. The van der Waals surface area contributed by atoms with Gasteiger partial charge in [-0.15, -0.1) is 0 Å². The summed E-state index contributed by atoms with van der Waals surface area (Å²) in [4.78, 5) is 0. The minimum Gasteiger partial charge on any atom is -0.390 e. The van der Waals surface area contributed by atoms with Gasteiger partial charge in [0.15, 0.2) is 11.1 Å². The first-order valence-corrected chi connectivity index (χ1v) is 9.07. The van der Waals surface area contributed by atoms with Gasteiger partial charge in [-0.1, -0.05) is 6.92 Å². The fourth-order valence-corrected chi connectivity index (χ4v) is 2.49. The predicted molar refractivity (Wildman–Crippen MR) is 85.5 cm³/mol. The average molecular weight is 324 g/mol. The van der Waals surface area contributed by atoms with Gasteiger partial charge in [-0.3, -0.25) is 4.18 Å². The standard InChI is InChI=1S/C15H32O5S/c1-10(2)19-12(5)8-15(20-11(3)4)13(6)14(16)9-18-21(7)17/h10-16H,8-9H2,1-7H3/t12-,13-,14-,15-,21?/m0/s1. The van der Waals surface area contributed by atoms with Crippen LogP contribution in [-0.4, -0.2) is 52.7 Å². The van der Waals surface area contributed by atoms with Crippen molar-refractivity contribution in [2.24, 2.45) is 5.92 Å². The third-order valence-electron chi connectivity index (χ3n) is 3.11. The van der Waals surface area contributed by atoms with E-state index >= 15 is 0 Å². The molecule has 0 aliphatic heterocycles. The van der Waals surface area contributed by atoms with Gasteiger partial charge in [-0.05, 0) is 41.0 Å². The third-order valence-corrected chi connectivity index (χ3v) is 3.58. The highest BCUT2D eigenvalue weighted by Crippen LogP contribution is 2.21. The number of rotatable bonds is 11. The van der Waals surface area contributed by atoms with E-state index in [9.17, 15) is 9.32 Å². The normalized spacial score (nSPS) is 19.5. The largest absolute Gasteiger partial charge is 0.390 e. The van der Waals surface area contributed by atoms with Crippen molar-refractivity contribution in [3.05, 3.63) is 0 Å². The lowest BCUT2D eigenvalue weighted by Crippen LogP contribution is -2.38. The summed E-state index contributed by atoms with van der Waals surface area (Å²) in [6, 6.07) is 0. The predicted octanol–water partition coefficient (Wildman–Crippen LogP) is 2.29. The summed E-state index contributed by atoms with van der Waals surface area (Å²) in [6.07, 6.45) is 1.56. The zero-order chi connectivity index (χ0) is 16.6. The molecule has 0 aromatic carbocycles. The van der Waals surface area contributed by atoms with E-state index in [1.54, 1.807) is 0 Å². The van der Waals surface area contributed by atoms with E-state index in [0.29, 0.717) is 6.42 Å². The summed E-state index contributed by atoms with van der Waals surface area (Å²) in [7, 11) is 0. The maximum Gasteiger partial charge on any atom is 0.152 e. The van der Waals surface area contributed by atoms with Crippen LogP contribution in [0.15, 0.2) is 0 Å². The van der Waals surface area contributed by atoms with Gasteiger partial charge in [0.2, 0.25) is 0 Å². The highest BCUT2D eigenvalue weighted by molar-refractivity contribution is 7.79. The van der Waals surface area contributed by atoms with Crippen LogP contribution in [0.25, 0.3) is 0 Å². The number of aliphatic hydroxyl groups is 1. The maximum atomic E-state index is 10.9. The van der Waals surface area contributed by atoms with Crippen molar-refractivity contribution >= 4 is 11.1 Å². The molecule has 128 valence electrons. The Labute approximate surface area is 132 Å². The second-order valence-corrected chi connectivity index (χ2v) is 7.11. The molecule has 0 saturated carbocycles. The molecule has 0 aromatic heterocycles. The van der Waals surface area contributed by atoms with E-state index in [1.807, 2.05) is 41.5 Å². The number of hydrogen-bond acceptors (Lipinski definition) is 5. The van der Waals surface area contributed by atoms with Crippen LogP contribution in [0.4, 0.5) is 0 Å². The van der Waals surface area contributed by atoms with Crippen molar-refractivity contribution in [3.8, 4) is 0 Å². The van der Waals surface area contributed by atoms with Gasteiger partial charge in [0.25, 0.3) is 0 Å². The van der Waals surface area contributed by atoms with Crippen molar-refractivity contribution in [3.63, 3.8) is 0 Å². The highest BCUT2D eigenvalue weighted by atomic mass is 32.2. The zero-order valence-corrected chi connectivity index (χ0v) is 15.2. The molecule has 0 bridgehead atoms. The van der Waals surface area contributed by atoms with Crippen molar-refractivity contribution < 1.29 is 23.0 Å². The molecule has 0 fully saturated rings. The average Bonchev–Trinajstić information content (AvgIpc) is 2.32. The first-order chi connectivity index (χ1) is 9.63. The molecule has 0 rings (SSSR count). The van der Waals surface area contributed by atoms with Gasteiger partial charge in [0.05, 0.1) is 37.1 Å². The molecule has 0 spiro atoms. The van der Waals surface area contributed by atoms with Gasteiger partial charge in [-0.25, -0.2) is 4.21 Å². The molecule has 6 heteroatoms. The van der Waals surface area contributed by atoms with Gasteiger partial charge in [0.1, 0.15) is 0 Å². The van der Waals surface area contributed by atoms with Crippen molar-refractivity contribution in [2.45, 2.75) is 78.5 Å². The fourth-order valence-electron chi connectivity index (χ4n) is 2.16. The number of ether oxygens (including phenoxy) is 2. The topological polar surface area (TPSA) is 65.0 Å². The second kappa shape index (κ2) is 10.7. The van der Waals surface area contributed by atoms with Crippen LogP contribution in [0.3, 0.4) is 0 Å². The van der Waals surface area contributed by atoms with E-state index in [4.69, 9.17) is 13.7 Å². The Morgan fingerprint density at radius 3 is 1.95 bits per heavy atom. The molecule has 1 N–H and O–H groups in total. The maximum absolute atomic E-state index is 10.9. The van der Waals surface area contributed by atoms with Gasteiger partial charge in [0, 0.05) is 12.2 Å². The summed E-state index contributed by atoms with van der Waals surface area (Å²) in [5.41, 5.74) is 0. The Bertz CT molecular complexity index is 296. The fraction of sp³-hybridized carbons (Fsp3) is 1.00. The van der Waals surface area contributed by atoms with Crippen LogP contribution in [0.5, 0.6) is 0 Å². The lowest BCUT2D eigenvalue weighted by Gasteiger charge is -2.31. The van der Waals surface area contributed by atoms with E-state index in [2.05, 4.69) is 0 Å². The molecule has 0 aromatic rings. The molecule has 5 nitrogen and oxygen atoms in total. The van der Waals surface area contributed by atoms with Gasteiger partial charge < -0.3 is 14.6 Å². The molecule has 0 saturated heterocycles. The highest BCUT2D eigenvalue weighted by Gasteiger charge is 2.28. The molecule has 21 heavy (non-hydrogen) atoms.